The summed E-state index contributed by atoms with van der Waals surface area (Å²) >= 11 is 1.07. The summed E-state index contributed by atoms with van der Waals surface area (Å²) in [5.74, 6) is -3.02. The van der Waals surface area contributed by atoms with E-state index in [0.717, 1.165) is 11.8 Å². The molecular formula is C24H24F4N6O3S. The largest absolute Gasteiger partial charge is 0.490 e. The average molecular weight is 553 g/mol. The van der Waals surface area contributed by atoms with E-state index >= 15 is 0 Å². The van der Waals surface area contributed by atoms with E-state index in [1.165, 1.54) is 0 Å². The predicted octanol–water partition coefficient (Wildman–Crippen LogP) is 3.21. The molecule has 1 amide bonds. The molecule has 1 aromatic carbocycles. The van der Waals surface area contributed by atoms with E-state index in [2.05, 4.69) is 17.1 Å². The van der Waals surface area contributed by atoms with Crippen molar-refractivity contribution in [2.45, 2.75) is 48.4 Å². The zero-order chi connectivity index (χ0) is 28.6. The summed E-state index contributed by atoms with van der Waals surface area (Å²) in [6, 6.07) is 12.7. The van der Waals surface area contributed by atoms with Gasteiger partial charge in [0.1, 0.15) is 34.4 Å². The number of halogens is 4. The second-order valence-electron chi connectivity index (χ2n) is 8.07. The number of hydrogen-bond donors (Lipinski definition) is 3. The van der Waals surface area contributed by atoms with E-state index in [4.69, 9.17) is 21.4 Å². The van der Waals surface area contributed by atoms with E-state index in [1.54, 1.807) is 29.2 Å². The fraction of sp³-hybridized carbons (Fsp3) is 0.375. The predicted molar refractivity (Wildman–Crippen MR) is 131 cm³/mol. The van der Waals surface area contributed by atoms with Crippen LogP contribution in [0.25, 0.3) is 0 Å². The number of carbonyl (C=O) groups excluding carboxylic acids is 1. The molecule has 1 aliphatic heterocycles. The fourth-order valence-corrected chi connectivity index (χ4v) is 4.70. The second kappa shape index (κ2) is 13.1. The number of carboxylic acid groups (broad SMARTS) is 1. The van der Waals surface area contributed by atoms with Crippen LogP contribution in [0, 0.1) is 22.7 Å². The number of nitriles is 2. The third kappa shape index (κ3) is 7.34. The van der Waals surface area contributed by atoms with Gasteiger partial charge in [-0.3, -0.25) is 4.79 Å². The van der Waals surface area contributed by atoms with Crippen LogP contribution in [0.3, 0.4) is 0 Å². The van der Waals surface area contributed by atoms with Crippen molar-refractivity contribution in [2.75, 3.05) is 18.0 Å². The maximum absolute atomic E-state index is 14.3. The molecule has 0 aliphatic carbocycles. The van der Waals surface area contributed by atoms with Crippen molar-refractivity contribution in [1.82, 2.24) is 4.98 Å². The Hall–Kier alpha value is -3.88. The fourth-order valence-electron chi connectivity index (χ4n) is 3.64. The molecule has 2 aromatic rings. The second-order valence-corrected chi connectivity index (χ2v) is 9.17. The van der Waals surface area contributed by atoms with Gasteiger partial charge in [0.2, 0.25) is 5.91 Å². The van der Waals surface area contributed by atoms with Crippen molar-refractivity contribution in [3.05, 3.63) is 52.6 Å². The van der Waals surface area contributed by atoms with Gasteiger partial charge in [0.15, 0.2) is 0 Å². The maximum atomic E-state index is 14.3. The molecule has 0 spiro atoms. The normalized spacial score (nSPS) is 17.8. The van der Waals surface area contributed by atoms with Gasteiger partial charge in [0, 0.05) is 12.6 Å². The summed E-state index contributed by atoms with van der Waals surface area (Å²) in [5, 5.41) is 26.3. The summed E-state index contributed by atoms with van der Waals surface area (Å²) in [4.78, 5) is 27.4. The van der Waals surface area contributed by atoms with Crippen molar-refractivity contribution in [3.63, 3.8) is 0 Å². The molecule has 3 atom stereocenters. The Morgan fingerprint density at radius 3 is 2.26 bits per heavy atom. The number of carbonyl (C=O) groups is 2. The summed E-state index contributed by atoms with van der Waals surface area (Å²) in [7, 11) is 0. The molecule has 1 aliphatic rings. The van der Waals surface area contributed by atoms with Crippen molar-refractivity contribution >= 4 is 29.5 Å². The van der Waals surface area contributed by atoms with Crippen LogP contribution < -0.4 is 16.4 Å². The highest BCUT2D eigenvalue weighted by Gasteiger charge is 2.38. The van der Waals surface area contributed by atoms with E-state index in [-0.39, 0.29) is 17.7 Å². The number of rotatable bonds is 6. The third-order valence-electron chi connectivity index (χ3n) is 5.55. The van der Waals surface area contributed by atoms with Gasteiger partial charge in [-0.05, 0) is 24.0 Å². The number of carboxylic acids is 1. The van der Waals surface area contributed by atoms with Crippen LogP contribution >= 0.6 is 11.8 Å². The topological polar surface area (TPSA) is 170 Å². The van der Waals surface area contributed by atoms with Gasteiger partial charge in [-0.2, -0.15) is 23.7 Å². The monoisotopic (exact) mass is 552 g/mol. The number of aromatic nitrogens is 1. The maximum Gasteiger partial charge on any atom is 0.490 e. The molecule has 38 heavy (non-hydrogen) atoms. The highest BCUT2D eigenvalue weighted by molar-refractivity contribution is 8.00. The lowest BCUT2D eigenvalue weighted by molar-refractivity contribution is -0.192. The zero-order valence-corrected chi connectivity index (χ0v) is 20.9. The molecular weight excluding hydrogens is 528 g/mol. The quantitative estimate of drug-likeness (QED) is 0.360. The smallest absolute Gasteiger partial charge is 0.475 e. The highest BCUT2D eigenvalue weighted by Crippen LogP contribution is 2.40. The molecule has 1 unspecified atom stereocenters. The number of alkyl halides is 4. The van der Waals surface area contributed by atoms with Crippen LogP contribution in [-0.2, 0) is 16.0 Å². The first-order chi connectivity index (χ1) is 17.8. The molecule has 202 valence electrons. The first-order valence-corrected chi connectivity index (χ1v) is 12.1. The minimum absolute atomic E-state index is 0.0138. The van der Waals surface area contributed by atoms with Crippen LogP contribution in [0.4, 0.5) is 23.4 Å². The summed E-state index contributed by atoms with van der Waals surface area (Å²) < 4.78 is 46.1. The highest BCUT2D eigenvalue weighted by atomic mass is 32.2. The Kier molecular flexibility index (Phi) is 10.4. The van der Waals surface area contributed by atoms with Gasteiger partial charge >= 0.3 is 12.1 Å². The molecule has 0 bridgehead atoms. The van der Waals surface area contributed by atoms with Crippen molar-refractivity contribution in [3.8, 4) is 12.1 Å². The number of aliphatic carboxylic acids is 1. The van der Waals surface area contributed by atoms with Gasteiger partial charge < -0.3 is 21.5 Å². The molecule has 0 radical (unpaired) electrons. The number of pyridine rings is 1. The van der Waals surface area contributed by atoms with Crippen LogP contribution in [0.5, 0.6) is 0 Å². The Morgan fingerprint density at radius 1 is 1.24 bits per heavy atom. The number of thioether (sulfide) groups is 1. The summed E-state index contributed by atoms with van der Waals surface area (Å²) in [6.07, 6.45) is -5.50. The van der Waals surface area contributed by atoms with Crippen molar-refractivity contribution in [1.29, 1.82) is 10.5 Å². The van der Waals surface area contributed by atoms with E-state index in [0.29, 0.717) is 41.4 Å². The van der Waals surface area contributed by atoms with Gasteiger partial charge in [0.25, 0.3) is 0 Å². The van der Waals surface area contributed by atoms with Crippen LogP contribution in [-0.4, -0.2) is 53.4 Å². The molecule has 1 aromatic heterocycles. The first-order valence-electron chi connectivity index (χ1n) is 11.2. The third-order valence-corrected chi connectivity index (χ3v) is 6.81. The minimum atomic E-state index is -5.08. The number of nitrogens with two attached hydrogens (primary N) is 2. The van der Waals surface area contributed by atoms with Crippen LogP contribution in [0.1, 0.15) is 40.8 Å². The molecule has 14 heteroatoms. The molecule has 1 fully saturated rings. The number of primary amides is 1. The Balaban J connectivity index is 0.000000638. The lowest BCUT2D eigenvalue weighted by Gasteiger charge is -2.34. The number of anilines is 1. The van der Waals surface area contributed by atoms with Crippen molar-refractivity contribution < 1.29 is 32.3 Å². The zero-order valence-electron chi connectivity index (χ0n) is 20.1. The number of piperidine rings is 1. The number of amides is 1. The van der Waals surface area contributed by atoms with E-state index in [9.17, 15) is 32.9 Å². The van der Waals surface area contributed by atoms with Crippen LogP contribution in [0.2, 0.25) is 0 Å². The lowest BCUT2D eigenvalue weighted by atomic mass is 9.99. The first kappa shape index (κ1) is 30.3. The SMILES string of the molecule is CCc1c(C#N)c(SC(C(N)=O)c2ccccc2)nc(N2CC[C@H](N)[C@H](F)C2)c1C#N.O=C(O)C(F)(F)F. The molecule has 3 rings (SSSR count). The summed E-state index contributed by atoms with van der Waals surface area (Å²) in [6.45, 7) is 2.29. The Labute approximate surface area is 220 Å². The van der Waals surface area contributed by atoms with Crippen molar-refractivity contribution in [2.24, 2.45) is 11.5 Å². The molecule has 2 heterocycles. The molecule has 5 N–H and O–H groups in total. The standard InChI is InChI=1S/C22H23FN6OS.C2HF3O2/c1-2-14-15(10-24)21(29-9-8-18(26)17(23)12-29)28-22(16(14)11-25)31-19(20(27)30)13-6-4-3-5-7-13;3-2(4,5)1(6)7/h3-7,17-19H,2,8-9,12,26H2,1H3,(H2,27,30);(H,6,7)/t17-,18+,19?;/m1./s1. The average Bonchev–Trinajstić information content (AvgIpc) is 2.87. The Morgan fingerprint density at radius 2 is 1.82 bits per heavy atom. The van der Waals surface area contributed by atoms with Crippen LogP contribution in [0.15, 0.2) is 35.4 Å². The number of nitrogens with zero attached hydrogens (tertiary/aromatic N) is 4. The van der Waals surface area contributed by atoms with Gasteiger partial charge in [-0.25, -0.2) is 14.2 Å². The molecule has 9 nitrogen and oxygen atoms in total. The number of hydrogen-bond acceptors (Lipinski definition) is 8. The lowest BCUT2D eigenvalue weighted by Crippen LogP contribution is -2.49. The van der Waals surface area contributed by atoms with Gasteiger partial charge in [0.05, 0.1) is 17.7 Å². The van der Waals surface area contributed by atoms with Gasteiger partial charge in [-0.1, -0.05) is 49.0 Å². The minimum Gasteiger partial charge on any atom is -0.475 e. The van der Waals surface area contributed by atoms with E-state index < -0.39 is 35.5 Å². The Bertz CT molecular complexity index is 1250. The van der Waals surface area contributed by atoms with E-state index in [1.807, 2.05) is 13.0 Å². The number of benzene rings is 1. The van der Waals surface area contributed by atoms with Gasteiger partial charge in [-0.15, -0.1) is 0 Å². The molecule has 0 saturated carbocycles. The summed E-state index contributed by atoms with van der Waals surface area (Å²) in [5.41, 5.74) is 13.1. The molecule has 1 saturated heterocycles.